The van der Waals surface area contributed by atoms with Gasteiger partial charge in [-0.15, -0.1) is 0 Å². The molecule has 0 spiro atoms. The van der Waals surface area contributed by atoms with E-state index < -0.39 is 0 Å². The predicted molar refractivity (Wildman–Crippen MR) is 305 cm³/mol. The van der Waals surface area contributed by atoms with Crippen LogP contribution < -0.4 is 14.2 Å². The van der Waals surface area contributed by atoms with Gasteiger partial charge in [0.25, 0.3) is 0 Å². The Labute approximate surface area is 442 Å². The van der Waals surface area contributed by atoms with Crippen LogP contribution in [-0.2, 0) is 43.3 Å². The number of hydrogen-bond acceptors (Lipinski definition) is 9. The van der Waals surface area contributed by atoms with Gasteiger partial charge in [-0.25, -0.2) is 0 Å². The molecule has 0 saturated carbocycles. The van der Waals surface area contributed by atoms with Crippen LogP contribution in [0.25, 0.3) is 0 Å². The predicted octanol–water partition coefficient (Wildman–Crippen LogP) is 14.6. The molecule has 0 fully saturated rings. The van der Waals surface area contributed by atoms with E-state index in [1.807, 2.05) is 0 Å². The van der Waals surface area contributed by atoms with Gasteiger partial charge in [-0.2, -0.15) is 0 Å². The van der Waals surface area contributed by atoms with E-state index in [4.69, 9.17) is 28.4 Å². The van der Waals surface area contributed by atoms with Crippen molar-refractivity contribution in [3.63, 3.8) is 0 Å². The molecule has 3 aromatic rings. The maximum atomic E-state index is 9.47. The van der Waals surface area contributed by atoms with Crippen LogP contribution in [0.2, 0.25) is 0 Å². The molecule has 3 aromatic carbocycles. The fourth-order valence-corrected chi connectivity index (χ4v) is 10.6. The highest BCUT2D eigenvalue weighted by molar-refractivity contribution is 5.55. The monoisotopic (exact) mass is 1010 g/mol. The van der Waals surface area contributed by atoms with E-state index in [9.17, 15) is 15.3 Å². The van der Waals surface area contributed by atoms with Crippen molar-refractivity contribution < 1.29 is 43.7 Å². The van der Waals surface area contributed by atoms with Crippen molar-refractivity contribution in [3.8, 4) is 17.2 Å². The summed E-state index contributed by atoms with van der Waals surface area (Å²) in [7, 11) is 0. The second-order valence-electron chi connectivity index (χ2n) is 25.1. The second-order valence-corrected chi connectivity index (χ2v) is 25.1. The van der Waals surface area contributed by atoms with Crippen molar-refractivity contribution in [2.75, 3.05) is 79.3 Å². The molecule has 0 aliphatic heterocycles. The van der Waals surface area contributed by atoms with Gasteiger partial charge in [-0.3, -0.25) is 0 Å². The molecule has 0 aliphatic carbocycles. The van der Waals surface area contributed by atoms with Crippen molar-refractivity contribution in [1.82, 2.24) is 0 Å². The fraction of sp³-hybridized carbons (Fsp3) is 0.714. The Hall–Kier alpha value is -3.18. The normalized spacial score (nSPS) is 12.5. The van der Waals surface area contributed by atoms with Gasteiger partial charge in [0.1, 0.15) is 37.1 Å². The average molecular weight is 1010 g/mol. The van der Waals surface area contributed by atoms with E-state index in [1.165, 1.54) is 16.7 Å². The van der Waals surface area contributed by atoms with Crippen LogP contribution in [0.15, 0.2) is 42.5 Å². The maximum Gasteiger partial charge on any atom is 0.126 e. The maximum absolute atomic E-state index is 9.47. The smallest absolute Gasteiger partial charge is 0.126 e. The van der Waals surface area contributed by atoms with E-state index in [2.05, 4.69) is 153 Å². The first kappa shape index (κ1) is 68.8. The van der Waals surface area contributed by atoms with Gasteiger partial charge in [0, 0.05) is 52.5 Å². The lowest BCUT2D eigenvalue weighted by molar-refractivity contribution is 0.0875. The molecule has 72 heavy (non-hydrogen) atoms. The van der Waals surface area contributed by atoms with Gasteiger partial charge in [0.05, 0.1) is 19.8 Å². The quantitative estimate of drug-likeness (QED) is 0.0542. The summed E-state index contributed by atoms with van der Waals surface area (Å²) in [6.07, 6.45) is 5.88. The van der Waals surface area contributed by atoms with Gasteiger partial charge in [-0.05, 0) is 129 Å². The molecule has 9 nitrogen and oxygen atoms in total. The molecule has 0 amide bonds. The fourth-order valence-electron chi connectivity index (χ4n) is 10.6. The minimum atomic E-state index is -0.187. The van der Waals surface area contributed by atoms with Gasteiger partial charge in [-0.1, -0.05) is 163 Å². The van der Waals surface area contributed by atoms with Crippen molar-refractivity contribution in [1.29, 1.82) is 0 Å². The molecular formula is C63H110O9. The first-order chi connectivity index (χ1) is 32.1. The Bertz CT molecular complexity index is 1980. The summed E-state index contributed by atoms with van der Waals surface area (Å²) in [5, 5.41) is 28.1. The van der Waals surface area contributed by atoms with Crippen LogP contribution in [0.5, 0.6) is 17.2 Å². The van der Waals surface area contributed by atoms with E-state index in [-0.39, 0.29) is 74.6 Å². The lowest BCUT2D eigenvalue weighted by Gasteiger charge is -2.35. The molecule has 0 unspecified atom stereocenters. The second kappa shape index (κ2) is 31.0. The molecule has 0 atom stereocenters. The number of aryl methyl sites for hydroxylation is 1. The Balaban J connectivity index is 0.0000168. The lowest BCUT2D eigenvalue weighted by Crippen LogP contribution is -2.26. The first-order valence-corrected chi connectivity index (χ1v) is 26.0. The van der Waals surface area contributed by atoms with E-state index in [0.717, 1.165) is 64.3 Å². The number of aliphatic hydroxyl groups is 3. The molecule has 0 saturated heterocycles. The van der Waals surface area contributed by atoms with E-state index in [1.54, 1.807) is 0 Å². The van der Waals surface area contributed by atoms with E-state index in [0.29, 0.717) is 91.6 Å². The SMILES string of the molecule is C.C.C.Cc1cc(C(C)(C)CC(C)(C)C)cc(Cc2cc(C(C)(C)CC(C)(C)C)cc(Cc3cc(C(C)(C)CC(C)(C)C)ccc3OCCOCCCO)c2OCCOCCCO)c1OCCOCCCO. The average Bonchev–Trinajstić information content (AvgIpc) is 3.20. The number of hydrogen-bond donors (Lipinski definition) is 3. The van der Waals surface area contributed by atoms with Crippen LogP contribution in [0, 0.1) is 23.2 Å². The highest BCUT2D eigenvalue weighted by Gasteiger charge is 2.33. The summed E-state index contributed by atoms with van der Waals surface area (Å²) in [5.74, 6) is 2.52. The zero-order valence-corrected chi connectivity index (χ0v) is 46.5. The summed E-state index contributed by atoms with van der Waals surface area (Å²) in [6.45, 7) is 41.1. The third-order valence-corrected chi connectivity index (χ3v) is 12.5. The Morgan fingerprint density at radius 1 is 0.375 bits per heavy atom. The molecular weight excluding hydrogens is 901 g/mol. The summed E-state index contributed by atoms with van der Waals surface area (Å²) < 4.78 is 37.9. The van der Waals surface area contributed by atoms with Crippen molar-refractivity contribution >= 4 is 0 Å². The van der Waals surface area contributed by atoms with Crippen molar-refractivity contribution in [2.45, 2.75) is 201 Å². The minimum absolute atomic E-state index is 0. The summed E-state index contributed by atoms with van der Waals surface area (Å²) in [6, 6.07) is 16.1. The Kier molecular flexibility index (Phi) is 29.6. The van der Waals surface area contributed by atoms with Gasteiger partial charge >= 0.3 is 0 Å². The number of rotatable bonds is 31. The molecule has 0 aliphatic rings. The number of ether oxygens (including phenoxy) is 6. The van der Waals surface area contributed by atoms with Gasteiger partial charge in [0.2, 0.25) is 0 Å². The topological polar surface area (TPSA) is 116 Å². The molecule has 3 N–H and O–H groups in total. The molecule has 3 rings (SSSR count). The third kappa shape index (κ3) is 24.0. The molecule has 0 radical (unpaired) electrons. The van der Waals surface area contributed by atoms with E-state index >= 15 is 0 Å². The van der Waals surface area contributed by atoms with Crippen molar-refractivity contribution in [3.05, 3.63) is 87.0 Å². The van der Waals surface area contributed by atoms with Gasteiger partial charge < -0.3 is 43.7 Å². The Morgan fingerprint density at radius 2 is 0.708 bits per heavy atom. The largest absolute Gasteiger partial charge is 0.491 e. The summed E-state index contributed by atoms with van der Waals surface area (Å²) in [5.41, 5.74) is 9.13. The first-order valence-electron chi connectivity index (χ1n) is 26.0. The lowest BCUT2D eigenvalue weighted by atomic mass is 9.71. The van der Waals surface area contributed by atoms with Crippen LogP contribution >= 0.6 is 0 Å². The number of benzene rings is 3. The molecule has 416 valence electrons. The zero-order valence-electron chi connectivity index (χ0n) is 46.5. The van der Waals surface area contributed by atoms with Crippen LogP contribution in [0.4, 0.5) is 0 Å². The molecule has 0 aromatic heterocycles. The van der Waals surface area contributed by atoms with Crippen LogP contribution in [0.1, 0.15) is 209 Å². The molecule has 9 heteroatoms. The van der Waals surface area contributed by atoms with Crippen LogP contribution in [0.3, 0.4) is 0 Å². The molecule has 0 heterocycles. The van der Waals surface area contributed by atoms with Gasteiger partial charge in [0.15, 0.2) is 0 Å². The highest BCUT2D eigenvalue weighted by atomic mass is 16.5. The zero-order chi connectivity index (χ0) is 51.7. The highest BCUT2D eigenvalue weighted by Crippen LogP contribution is 2.45. The molecule has 0 bridgehead atoms. The Morgan fingerprint density at radius 3 is 1.11 bits per heavy atom. The number of aliphatic hydroxyl groups excluding tert-OH is 3. The summed E-state index contributed by atoms with van der Waals surface area (Å²) >= 11 is 0. The third-order valence-electron chi connectivity index (χ3n) is 12.5. The van der Waals surface area contributed by atoms with Crippen LogP contribution in [-0.4, -0.2) is 94.6 Å². The van der Waals surface area contributed by atoms with Crippen molar-refractivity contribution in [2.24, 2.45) is 16.2 Å². The summed E-state index contributed by atoms with van der Waals surface area (Å²) in [4.78, 5) is 0. The minimum Gasteiger partial charge on any atom is -0.491 e. The standard InChI is InChI=1S/C60H98O9.3CH4/c1-44-34-50(59(13,14)42-56(5,6)7)38-46(53(44)68-32-29-65-26-18-23-62)36-48-40-51(60(15,16)43-57(8,9)10)39-47(54(48)69-33-30-66-27-19-24-63)35-45-37-49(58(11,12)41-55(2,3)4)20-21-52(45)67-31-28-64-25-17-22-61;;;/h20-21,34,37-40,61-63H,17-19,22-33,35-36,41-43H2,1-16H3;3*1H4.